The van der Waals surface area contributed by atoms with Crippen LogP contribution in [0.5, 0.6) is 0 Å². The number of hydrogen-bond donors (Lipinski definition) is 1. The molecule has 4 rings (SSSR count). The van der Waals surface area contributed by atoms with Crippen LogP contribution in [0.25, 0.3) is 15.9 Å². The Labute approximate surface area is 172 Å². The Balaban J connectivity index is 1.83. The highest BCUT2D eigenvalue weighted by molar-refractivity contribution is 7.17. The van der Waals surface area contributed by atoms with Crippen LogP contribution < -0.4 is 16.6 Å². The molecule has 1 N–H and O–H groups in total. The fourth-order valence-electron chi connectivity index (χ4n) is 3.18. The first-order chi connectivity index (χ1) is 14.3. The molecular weight excluding hydrogens is 412 g/mol. The molecule has 0 fully saturated rings. The number of rotatable bonds is 4. The van der Waals surface area contributed by atoms with Crippen molar-refractivity contribution in [3.05, 3.63) is 91.9 Å². The minimum atomic E-state index is -0.925. The quantitative estimate of drug-likeness (QED) is 0.542. The van der Waals surface area contributed by atoms with Gasteiger partial charge in [0.05, 0.1) is 11.2 Å². The molecule has 1 amide bonds. The number of anilines is 1. The molecule has 0 atom stereocenters. The second-order valence-corrected chi connectivity index (χ2v) is 7.55. The van der Waals surface area contributed by atoms with Gasteiger partial charge in [0.25, 0.3) is 5.56 Å². The number of carbonyl (C=O) groups is 1. The van der Waals surface area contributed by atoms with Gasteiger partial charge in [0.1, 0.15) is 22.9 Å². The lowest BCUT2D eigenvalue weighted by Crippen LogP contribution is -2.40. The standard InChI is InChI=1S/C21H15F2N3O3S/c1-12-4-2-3-5-16(12)24-18(27)11-25-17-6-7-30-19(17)20(28)26(21(25)29)15-9-13(22)8-14(23)10-15/h2-10H,11H2,1H3,(H,24,27). The number of aryl methyl sites for hydroxylation is 1. The maximum atomic E-state index is 13.7. The summed E-state index contributed by atoms with van der Waals surface area (Å²) in [5, 5.41) is 4.34. The van der Waals surface area contributed by atoms with Crippen LogP contribution in [0, 0.1) is 18.6 Å². The molecule has 0 saturated heterocycles. The Morgan fingerprint density at radius 1 is 1.07 bits per heavy atom. The average molecular weight is 427 g/mol. The maximum Gasteiger partial charge on any atom is 0.336 e. The smallest absolute Gasteiger partial charge is 0.324 e. The van der Waals surface area contributed by atoms with Gasteiger partial charge < -0.3 is 5.32 Å². The van der Waals surface area contributed by atoms with E-state index in [1.807, 2.05) is 19.1 Å². The van der Waals surface area contributed by atoms with E-state index in [1.54, 1.807) is 23.6 Å². The number of para-hydroxylation sites is 1. The van der Waals surface area contributed by atoms with Crippen molar-refractivity contribution in [1.29, 1.82) is 0 Å². The molecule has 0 radical (unpaired) electrons. The molecule has 2 aromatic heterocycles. The third kappa shape index (κ3) is 3.55. The molecule has 0 unspecified atom stereocenters. The highest BCUT2D eigenvalue weighted by Gasteiger charge is 2.18. The molecule has 0 saturated carbocycles. The van der Waals surface area contributed by atoms with E-state index >= 15 is 0 Å². The summed E-state index contributed by atoms with van der Waals surface area (Å²) in [6.45, 7) is 1.45. The van der Waals surface area contributed by atoms with Crippen LogP contribution in [0.4, 0.5) is 14.5 Å². The molecule has 0 aliphatic carbocycles. The third-order valence-electron chi connectivity index (χ3n) is 4.58. The minimum absolute atomic E-state index is 0.197. The highest BCUT2D eigenvalue weighted by atomic mass is 32.1. The van der Waals surface area contributed by atoms with Crippen LogP contribution >= 0.6 is 11.3 Å². The zero-order chi connectivity index (χ0) is 21.4. The number of benzene rings is 2. The lowest BCUT2D eigenvalue weighted by Gasteiger charge is -2.13. The maximum absolute atomic E-state index is 13.7. The topological polar surface area (TPSA) is 73.1 Å². The molecular formula is C21H15F2N3O3S. The van der Waals surface area contributed by atoms with Crippen molar-refractivity contribution < 1.29 is 13.6 Å². The fourth-order valence-corrected chi connectivity index (χ4v) is 4.01. The Morgan fingerprint density at radius 2 is 1.77 bits per heavy atom. The summed E-state index contributed by atoms with van der Waals surface area (Å²) in [5.74, 6) is -2.33. The zero-order valence-electron chi connectivity index (χ0n) is 15.7. The second-order valence-electron chi connectivity index (χ2n) is 6.63. The summed E-state index contributed by atoms with van der Waals surface area (Å²) in [4.78, 5) is 38.5. The molecule has 0 bridgehead atoms. The number of aromatic nitrogens is 2. The Kier molecular flexibility index (Phi) is 5.04. The predicted molar refractivity (Wildman–Crippen MR) is 111 cm³/mol. The Hall–Kier alpha value is -3.59. The summed E-state index contributed by atoms with van der Waals surface area (Å²) < 4.78 is 29.4. The number of nitrogens with zero attached hydrogens (tertiary/aromatic N) is 2. The number of carbonyl (C=O) groups excluding carboxylic acids is 1. The van der Waals surface area contributed by atoms with Crippen molar-refractivity contribution in [2.45, 2.75) is 13.5 Å². The van der Waals surface area contributed by atoms with E-state index in [-0.39, 0.29) is 22.4 Å². The van der Waals surface area contributed by atoms with Gasteiger partial charge in [0.15, 0.2) is 0 Å². The number of hydrogen-bond acceptors (Lipinski definition) is 4. The van der Waals surface area contributed by atoms with Gasteiger partial charge in [-0.25, -0.2) is 18.1 Å². The molecule has 30 heavy (non-hydrogen) atoms. The average Bonchev–Trinajstić information content (AvgIpc) is 3.16. The highest BCUT2D eigenvalue weighted by Crippen LogP contribution is 2.18. The van der Waals surface area contributed by atoms with Crippen molar-refractivity contribution in [3.8, 4) is 5.69 Å². The molecule has 6 nitrogen and oxygen atoms in total. The van der Waals surface area contributed by atoms with Gasteiger partial charge in [-0.2, -0.15) is 0 Å². The van der Waals surface area contributed by atoms with E-state index in [9.17, 15) is 23.2 Å². The van der Waals surface area contributed by atoms with E-state index in [2.05, 4.69) is 5.32 Å². The largest absolute Gasteiger partial charge is 0.336 e. The Morgan fingerprint density at radius 3 is 2.47 bits per heavy atom. The molecule has 2 heterocycles. The minimum Gasteiger partial charge on any atom is -0.324 e. The number of nitrogens with one attached hydrogen (secondary N) is 1. The second kappa shape index (κ2) is 7.68. The first kappa shape index (κ1) is 19.7. The van der Waals surface area contributed by atoms with Crippen molar-refractivity contribution in [2.75, 3.05) is 5.32 Å². The first-order valence-corrected chi connectivity index (χ1v) is 9.78. The van der Waals surface area contributed by atoms with Gasteiger partial charge in [-0.3, -0.25) is 14.2 Å². The van der Waals surface area contributed by atoms with E-state index in [1.165, 1.54) is 0 Å². The summed E-state index contributed by atoms with van der Waals surface area (Å²) in [5.41, 5.74) is -0.0907. The molecule has 4 aromatic rings. The van der Waals surface area contributed by atoms with Gasteiger partial charge in [-0.1, -0.05) is 18.2 Å². The van der Waals surface area contributed by atoms with Crippen LogP contribution in [0.1, 0.15) is 5.56 Å². The van der Waals surface area contributed by atoms with Crippen molar-refractivity contribution in [1.82, 2.24) is 9.13 Å². The third-order valence-corrected chi connectivity index (χ3v) is 5.47. The molecule has 0 spiro atoms. The normalized spacial score (nSPS) is 11.0. The Bertz CT molecular complexity index is 1380. The molecule has 152 valence electrons. The molecule has 2 aromatic carbocycles. The van der Waals surface area contributed by atoms with E-state index in [4.69, 9.17) is 0 Å². The summed E-state index contributed by atoms with van der Waals surface area (Å²) in [6, 6.07) is 11.1. The number of amides is 1. The van der Waals surface area contributed by atoms with E-state index < -0.39 is 28.8 Å². The van der Waals surface area contributed by atoms with Gasteiger partial charge >= 0.3 is 5.69 Å². The van der Waals surface area contributed by atoms with Crippen molar-refractivity contribution >= 4 is 33.1 Å². The number of thiophene rings is 1. The summed E-state index contributed by atoms with van der Waals surface area (Å²) in [7, 11) is 0. The van der Waals surface area contributed by atoms with Gasteiger partial charge in [-0.15, -0.1) is 11.3 Å². The van der Waals surface area contributed by atoms with Gasteiger partial charge in [0.2, 0.25) is 5.91 Å². The summed E-state index contributed by atoms with van der Waals surface area (Å²) >= 11 is 1.08. The van der Waals surface area contributed by atoms with Gasteiger partial charge in [0, 0.05) is 11.8 Å². The molecule has 9 heteroatoms. The SMILES string of the molecule is Cc1ccccc1NC(=O)Cn1c(=O)n(-c2cc(F)cc(F)c2)c(=O)c2sccc21. The lowest BCUT2D eigenvalue weighted by molar-refractivity contribution is -0.116. The van der Waals surface area contributed by atoms with Crippen LogP contribution in [0.15, 0.2) is 63.5 Å². The number of fused-ring (bicyclic) bond motifs is 1. The summed E-state index contributed by atoms with van der Waals surface area (Å²) in [6.07, 6.45) is 0. The van der Waals surface area contributed by atoms with Crippen LogP contribution in [-0.2, 0) is 11.3 Å². The first-order valence-electron chi connectivity index (χ1n) is 8.90. The van der Waals surface area contributed by atoms with Crippen LogP contribution in [-0.4, -0.2) is 15.0 Å². The zero-order valence-corrected chi connectivity index (χ0v) is 16.5. The van der Waals surface area contributed by atoms with E-state index in [0.29, 0.717) is 16.3 Å². The molecule has 0 aliphatic heterocycles. The monoisotopic (exact) mass is 427 g/mol. The van der Waals surface area contributed by atoms with E-state index in [0.717, 1.165) is 33.6 Å². The van der Waals surface area contributed by atoms with Crippen LogP contribution in [0.2, 0.25) is 0 Å². The predicted octanol–water partition coefficient (Wildman–Crippen LogP) is 3.44. The van der Waals surface area contributed by atoms with Crippen molar-refractivity contribution in [2.24, 2.45) is 0 Å². The fraction of sp³-hybridized carbons (Fsp3) is 0.0952. The number of halogens is 2. The van der Waals surface area contributed by atoms with Crippen molar-refractivity contribution in [3.63, 3.8) is 0 Å². The van der Waals surface area contributed by atoms with Gasteiger partial charge in [-0.05, 0) is 42.1 Å². The molecule has 0 aliphatic rings. The van der Waals surface area contributed by atoms with Crippen LogP contribution in [0.3, 0.4) is 0 Å². The lowest BCUT2D eigenvalue weighted by atomic mass is 10.2.